The highest BCUT2D eigenvalue weighted by Gasteiger charge is 2.21. The molecule has 0 aliphatic heterocycles. The van der Waals surface area contributed by atoms with Gasteiger partial charge in [-0.2, -0.15) is 0 Å². The van der Waals surface area contributed by atoms with Crippen LogP contribution in [0.1, 0.15) is 12.8 Å². The van der Waals surface area contributed by atoms with Crippen LogP contribution in [0.3, 0.4) is 0 Å². The summed E-state index contributed by atoms with van der Waals surface area (Å²) in [5, 5.41) is 0. The first kappa shape index (κ1) is 18.4. The smallest absolute Gasteiger partial charge is 0.461 e. The summed E-state index contributed by atoms with van der Waals surface area (Å²) in [6.07, 6.45) is 2.79. The lowest BCUT2D eigenvalue weighted by atomic mass is 10.5. The van der Waals surface area contributed by atoms with Crippen LogP contribution in [0.2, 0.25) is 0 Å². The Morgan fingerprint density at radius 1 is 0.900 bits per heavy atom. The fourth-order valence-electron chi connectivity index (χ4n) is 0.892. The van der Waals surface area contributed by atoms with Crippen LogP contribution in [0.5, 0.6) is 0 Å². The van der Waals surface area contributed by atoms with E-state index in [4.69, 9.17) is 9.05 Å². The molecule has 0 heterocycles. The molecule has 0 unspecified atom stereocenters. The van der Waals surface area contributed by atoms with Crippen molar-refractivity contribution in [1.29, 1.82) is 0 Å². The average Bonchev–Trinajstić information content (AvgIpc) is 2.42. The lowest BCUT2D eigenvalue weighted by Crippen LogP contribution is -2.08. The molecule has 0 amide bonds. The summed E-state index contributed by atoms with van der Waals surface area (Å²) in [5.41, 5.74) is 0. The Kier molecular flexibility index (Phi) is 11.5. The van der Waals surface area contributed by atoms with Crippen LogP contribution in [0.15, 0.2) is 25.3 Å². The van der Waals surface area contributed by atoms with E-state index >= 15 is 0 Å². The Balaban J connectivity index is 3.54. The summed E-state index contributed by atoms with van der Waals surface area (Å²) in [5.74, 6) is -0.970. The maximum atomic E-state index is 11.2. The van der Waals surface area contributed by atoms with Crippen LogP contribution < -0.4 is 0 Å². The number of hydrogen-bond donors (Lipinski definition) is 0. The normalized spacial score (nSPS) is 9.60. The van der Waals surface area contributed by atoms with Crippen molar-refractivity contribution in [3.63, 3.8) is 0 Å². The molecule has 0 fully saturated rings. The van der Waals surface area contributed by atoms with Crippen molar-refractivity contribution in [3.05, 3.63) is 25.3 Å². The van der Waals surface area contributed by atoms with E-state index in [0.717, 1.165) is 0 Å². The van der Waals surface area contributed by atoms with Crippen LogP contribution >= 0.6 is 8.25 Å². The second-order valence-corrected chi connectivity index (χ2v) is 4.30. The zero-order valence-corrected chi connectivity index (χ0v) is 12.0. The van der Waals surface area contributed by atoms with Gasteiger partial charge in [0.05, 0.1) is 12.8 Å². The first-order chi connectivity index (χ1) is 9.60. The number of esters is 2. The lowest BCUT2D eigenvalue weighted by molar-refractivity contribution is -0.143. The molecule has 7 nitrogen and oxygen atoms in total. The Labute approximate surface area is 118 Å². The molecular weight excluding hydrogens is 287 g/mol. The van der Waals surface area contributed by atoms with Crippen molar-refractivity contribution < 1.29 is 32.7 Å². The van der Waals surface area contributed by atoms with Crippen LogP contribution in [0.25, 0.3) is 0 Å². The van der Waals surface area contributed by atoms with Crippen molar-refractivity contribution in [2.45, 2.75) is 12.8 Å². The van der Waals surface area contributed by atoms with E-state index in [2.05, 4.69) is 22.6 Å². The van der Waals surface area contributed by atoms with Gasteiger partial charge in [-0.3, -0.25) is 9.59 Å². The van der Waals surface area contributed by atoms with Gasteiger partial charge in [-0.25, -0.2) is 0 Å². The quantitative estimate of drug-likeness (QED) is 0.309. The lowest BCUT2D eigenvalue weighted by Gasteiger charge is -1.99. The molecule has 0 atom stereocenters. The number of hydrogen-bond acceptors (Lipinski definition) is 7. The molecule has 0 rings (SSSR count). The van der Waals surface area contributed by atoms with Crippen LogP contribution in [0, 0.1) is 0 Å². The Bertz CT molecular complexity index is 322. The minimum absolute atomic E-state index is 0.0420. The molecule has 0 aliphatic carbocycles. The Morgan fingerprint density at radius 3 is 1.65 bits per heavy atom. The molecular formula is C12H18O7P+. The third-order valence-electron chi connectivity index (χ3n) is 1.73. The largest absolute Gasteiger partial charge is 0.697 e. The fourth-order valence-corrected chi connectivity index (χ4v) is 1.45. The topological polar surface area (TPSA) is 88.1 Å². The standard InChI is InChI=1S/C12H18O7P/c1-3-7-16-11(13)5-9-18-20(15)19-10-6-12(14)17-8-4-2/h3-4H,1-2,5-10H2/q+1. The van der Waals surface area contributed by atoms with E-state index in [9.17, 15) is 14.2 Å². The first-order valence-electron chi connectivity index (χ1n) is 5.86. The van der Waals surface area contributed by atoms with Crippen molar-refractivity contribution in [1.82, 2.24) is 0 Å². The van der Waals surface area contributed by atoms with E-state index in [1.807, 2.05) is 0 Å². The van der Waals surface area contributed by atoms with Crippen LogP contribution in [-0.4, -0.2) is 38.4 Å². The molecule has 0 aromatic carbocycles. The molecule has 8 heteroatoms. The van der Waals surface area contributed by atoms with Gasteiger partial charge in [0.15, 0.2) is 0 Å². The van der Waals surface area contributed by atoms with Crippen LogP contribution in [0.4, 0.5) is 0 Å². The molecule has 0 saturated carbocycles. The second-order valence-electron chi connectivity index (χ2n) is 3.33. The molecule has 0 aromatic heterocycles. The second kappa shape index (κ2) is 12.5. The minimum atomic E-state index is -2.37. The van der Waals surface area contributed by atoms with Gasteiger partial charge >= 0.3 is 20.2 Å². The summed E-state index contributed by atoms with van der Waals surface area (Å²) in [7, 11) is -2.37. The van der Waals surface area contributed by atoms with Gasteiger partial charge in [-0.05, 0) is 0 Å². The predicted octanol–water partition coefficient (Wildman–Crippen LogP) is 1.92. The summed E-state index contributed by atoms with van der Waals surface area (Å²) in [6, 6.07) is 0. The number of carbonyl (C=O) groups excluding carboxylic acids is 2. The minimum Gasteiger partial charge on any atom is -0.461 e. The molecule has 0 aromatic rings. The maximum absolute atomic E-state index is 11.2. The zero-order valence-electron chi connectivity index (χ0n) is 11.1. The van der Waals surface area contributed by atoms with E-state index < -0.39 is 20.2 Å². The molecule has 0 N–H and O–H groups in total. The summed E-state index contributed by atoms with van der Waals surface area (Å²) < 4.78 is 30.1. The van der Waals surface area contributed by atoms with Gasteiger partial charge < -0.3 is 9.47 Å². The highest BCUT2D eigenvalue weighted by Crippen LogP contribution is 2.23. The molecule has 0 aliphatic rings. The van der Waals surface area contributed by atoms with Crippen molar-refractivity contribution in [2.24, 2.45) is 0 Å². The van der Waals surface area contributed by atoms with Gasteiger partial charge in [0.25, 0.3) is 0 Å². The Morgan fingerprint density at radius 2 is 1.30 bits per heavy atom. The highest BCUT2D eigenvalue weighted by molar-refractivity contribution is 7.33. The third kappa shape index (κ3) is 11.5. The van der Waals surface area contributed by atoms with E-state index in [0.29, 0.717) is 0 Å². The summed E-state index contributed by atoms with van der Waals surface area (Å²) in [6.45, 7) is 6.83. The summed E-state index contributed by atoms with van der Waals surface area (Å²) >= 11 is 0. The zero-order chi connectivity index (χ0) is 15.2. The van der Waals surface area contributed by atoms with Gasteiger partial charge in [0.1, 0.15) is 26.4 Å². The number of rotatable bonds is 12. The SMILES string of the molecule is C=CCOC(=O)CCO[P+](=O)OCCC(=O)OCC=C. The summed E-state index contributed by atoms with van der Waals surface area (Å²) in [4.78, 5) is 22.1. The molecule has 0 spiro atoms. The van der Waals surface area contributed by atoms with E-state index in [1.165, 1.54) is 12.2 Å². The Hall–Kier alpha value is -1.56. The monoisotopic (exact) mass is 305 g/mol. The number of ether oxygens (including phenoxy) is 2. The van der Waals surface area contributed by atoms with E-state index in [-0.39, 0.29) is 39.3 Å². The van der Waals surface area contributed by atoms with Gasteiger partial charge in [-0.1, -0.05) is 25.3 Å². The molecule has 112 valence electrons. The van der Waals surface area contributed by atoms with E-state index in [1.54, 1.807) is 0 Å². The first-order valence-corrected chi connectivity index (χ1v) is 6.95. The average molecular weight is 305 g/mol. The molecule has 20 heavy (non-hydrogen) atoms. The predicted molar refractivity (Wildman–Crippen MR) is 71.1 cm³/mol. The third-order valence-corrected chi connectivity index (χ3v) is 2.52. The fraction of sp³-hybridized carbons (Fsp3) is 0.500. The van der Waals surface area contributed by atoms with Crippen molar-refractivity contribution in [2.75, 3.05) is 26.4 Å². The number of carbonyl (C=O) groups is 2. The highest BCUT2D eigenvalue weighted by atomic mass is 31.1. The van der Waals surface area contributed by atoms with Gasteiger partial charge in [0, 0.05) is 4.57 Å². The van der Waals surface area contributed by atoms with Crippen molar-refractivity contribution >= 4 is 20.2 Å². The molecule has 0 radical (unpaired) electrons. The van der Waals surface area contributed by atoms with Gasteiger partial charge in [-0.15, -0.1) is 9.05 Å². The maximum Gasteiger partial charge on any atom is 0.697 e. The molecule has 0 bridgehead atoms. The van der Waals surface area contributed by atoms with Gasteiger partial charge in [0.2, 0.25) is 0 Å². The molecule has 0 saturated heterocycles. The van der Waals surface area contributed by atoms with Crippen LogP contribution in [-0.2, 0) is 32.7 Å². The van der Waals surface area contributed by atoms with Crippen molar-refractivity contribution in [3.8, 4) is 0 Å².